The Balaban J connectivity index is 2.21. The topological polar surface area (TPSA) is 38.5 Å². The summed E-state index contributed by atoms with van der Waals surface area (Å²) in [5, 5.41) is 4.40. The zero-order valence-corrected chi connectivity index (χ0v) is 13.3. The van der Waals surface area contributed by atoms with Gasteiger partial charge in [0.05, 0.1) is 11.7 Å². The molecule has 0 radical (unpaired) electrons. The maximum atomic E-state index is 13.8. The van der Waals surface area contributed by atoms with Crippen molar-refractivity contribution in [3.05, 3.63) is 45.6 Å². The van der Waals surface area contributed by atoms with Crippen molar-refractivity contribution in [3.8, 4) is 0 Å². The van der Waals surface area contributed by atoms with Gasteiger partial charge in [-0.05, 0) is 50.2 Å². The molecule has 1 N–H and O–H groups in total. The molecule has 1 atom stereocenters. The highest BCUT2D eigenvalue weighted by Gasteiger charge is 2.18. The van der Waals surface area contributed by atoms with E-state index in [1.54, 1.807) is 23.7 Å². The van der Waals surface area contributed by atoms with Crippen LogP contribution < -0.4 is 0 Å². The summed E-state index contributed by atoms with van der Waals surface area (Å²) >= 11 is 5.43. The summed E-state index contributed by atoms with van der Waals surface area (Å²) in [7, 11) is 1.89. The van der Waals surface area contributed by atoms with E-state index in [4.69, 9.17) is 12.2 Å². The first-order valence-corrected chi connectivity index (χ1v) is 7.21. The molecule has 0 aliphatic carbocycles. The molecule has 6 heteroatoms. The van der Waals surface area contributed by atoms with Gasteiger partial charge < -0.3 is 4.98 Å². The van der Waals surface area contributed by atoms with Gasteiger partial charge in [-0.1, -0.05) is 12.1 Å². The normalized spacial score (nSPS) is 13.0. The highest BCUT2D eigenvalue weighted by atomic mass is 32.1. The molecule has 1 unspecified atom stereocenters. The van der Waals surface area contributed by atoms with Crippen molar-refractivity contribution < 1.29 is 4.39 Å². The second-order valence-electron chi connectivity index (χ2n) is 5.39. The molecule has 0 fully saturated rings. The van der Waals surface area contributed by atoms with Gasteiger partial charge in [-0.15, -0.1) is 0 Å². The molecular formula is C15H17FN4S. The predicted molar refractivity (Wildman–Crippen MR) is 83.6 cm³/mol. The number of rotatable bonds is 2. The number of imidazole rings is 1. The Kier molecular flexibility index (Phi) is 3.20. The molecule has 2 aromatic heterocycles. The van der Waals surface area contributed by atoms with E-state index < -0.39 is 0 Å². The Morgan fingerprint density at radius 1 is 1.33 bits per heavy atom. The number of hydrogen-bond donors (Lipinski definition) is 1. The Morgan fingerprint density at radius 3 is 2.71 bits per heavy atom. The smallest absolute Gasteiger partial charge is 0.179 e. The fraction of sp³-hybridized carbons (Fsp3) is 0.333. The molecule has 0 aliphatic heterocycles. The second-order valence-corrected chi connectivity index (χ2v) is 5.78. The lowest BCUT2D eigenvalue weighted by molar-refractivity contribution is 0.593. The summed E-state index contributed by atoms with van der Waals surface area (Å²) < 4.78 is 18.2. The molecule has 4 nitrogen and oxygen atoms in total. The summed E-state index contributed by atoms with van der Waals surface area (Å²) in [6, 6.07) is 5.23. The highest BCUT2D eigenvalue weighted by molar-refractivity contribution is 7.71. The number of nitrogens with zero attached hydrogens (tertiary/aromatic N) is 3. The molecule has 2 heterocycles. The van der Waals surface area contributed by atoms with E-state index in [1.165, 1.54) is 0 Å². The standard InChI is InChI=1S/C15H17FN4S/c1-8-5-6-11(7-12(8)16)10(3)20-14-13(17-15(20)21)9(2)18-19(14)4/h5-7,10H,1-4H3,(H,17,21). The number of fused-ring (bicyclic) bond motifs is 1. The highest BCUT2D eigenvalue weighted by Crippen LogP contribution is 2.26. The van der Waals surface area contributed by atoms with Gasteiger partial charge in [0.2, 0.25) is 0 Å². The number of benzene rings is 1. The number of aryl methyl sites for hydroxylation is 3. The van der Waals surface area contributed by atoms with E-state index in [0.29, 0.717) is 10.3 Å². The van der Waals surface area contributed by atoms with E-state index >= 15 is 0 Å². The maximum absolute atomic E-state index is 13.8. The van der Waals surface area contributed by atoms with Crippen molar-refractivity contribution in [2.45, 2.75) is 26.8 Å². The summed E-state index contributed by atoms with van der Waals surface area (Å²) in [4.78, 5) is 3.19. The van der Waals surface area contributed by atoms with Gasteiger partial charge in [-0.3, -0.25) is 9.25 Å². The average molecular weight is 304 g/mol. The first-order valence-electron chi connectivity index (χ1n) is 6.80. The third kappa shape index (κ3) is 2.10. The molecular weight excluding hydrogens is 287 g/mol. The SMILES string of the molecule is Cc1ccc(C(C)n2c(=S)[nH]c3c(C)nn(C)c32)cc1F. The number of halogens is 1. The van der Waals surface area contributed by atoms with E-state index in [1.807, 2.05) is 31.5 Å². The van der Waals surface area contributed by atoms with Crippen molar-refractivity contribution in [2.75, 3.05) is 0 Å². The van der Waals surface area contributed by atoms with Gasteiger partial charge >= 0.3 is 0 Å². The molecule has 3 aromatic rings. The van der Waals surface area contributed by atoms with Crippen molar-refractivity contribution in [2.24, 2.45) is 7.05 Å². The Hall–Kier alpha value is -1.95. The van der Waals surface area contributed by atoms with Gasteiger partial charge in [0.1, 0.15) is 11.3 Å². The number of nitrogens with one attached hydrogen (secondary N) is 1. The van der Waals surface area contributed by atoms with Crippen LogP contribution in [0, 0.1) is 24.4 Å². The van der Waals surface area contributed by atoms with Crippen LogP contribution in [0.4, 0.5) is 4.39 Å². The minimum absolute atomic E-state index is 0.0730. The predicted octanol–water partition coefficient (Wildman–Crippen LogP) is 3.80. The number of aromatic nitrogens is 4. The van der Waals surface area contributed by atoms with Crippen molar-refractivity contribution in [1.29, 1.82) is 0 Å². The van der Waals surface area contributed by atoms with Crippen LogP contribution in [0.3, 0.4) is 0 Å². The third-order valence-electron chi connectivity index (χ3n) is 3.94. The summed E-state index contributed by atoms with van der Waals surface area (Å²) in [6.45, 7) is 5.71. The minimum atomic E-state index is -0.196. The maximum Gasteiger partial charge on any atom is 0.179 e. The first kappa shape index (κ1) is 14.0. The van der Waals surface area contributed by atoms with Gasteiger partial charge in [-0.2, -0.15) is 5.10 Å². The fourth-order valence-corrected chi connectivity index (χ4v) is 3.06. The van der Waals surface area contributed by atoms with Crippen LogP contribution >= 0.6 is 12.2 Å². The second kappa shape index (κ2) is 4.80. The lowest BCUT2D eigenvalue weighted by atomic mass is 10.1. The van der Waals surface area contributed by atoms with Crippen LogP contribution in [0.2, 0.25) is 0 Å². The molecule has 110 valence electrons. The van der Waals surface area contributed by atoms with Gasteiger partial charge in [0.15, 0.2) is 10.4 Å². The Labute approximate surface area is 127 Å². The third-order valence-corrected chi connectivity index (χ3v) is 4.24. The lowest BCUT2D eigenvalue weighted by Crippen LogP contribution is -2.10. The number of aromatic amines is 1. The van der Waals surface area contributed by atoms with E-state index in [9.17, 15) is 4.39 Å². The quantitative estimate of drug-likeness (QED) is 0.731. The Morgan fingerprint density at radius 2 is 2.05 bits per heavy atom. The van der Waals surface area contributed by atoms with Crippen molar-refractivity contribution in [3.63, 3.8) is 0 Å². The molecule has 0 saturated carbocycles. The zero-order valence-electron chi connectivity index (χ0n) is 12.4. The molecule has 0 spiro atoms. The van der Waals surface area contributed by atoms with Crippen LogP contribution in [-0.2, 0) is 7.05 Å². The Bertz CT molecular complexity index is 887. The van der Waals surface area contributed by atoms with E-state index in [0.717, 1.165) is 22.4 Å². The lowest BCUT2D eigenvalue weighted by Gasteiger charge is -2.15. The van der Waals surface area contributed by atoms with E-state index in [-0.39, 0.29) is 11.9 Å². The minimum Gasteiger partial charge on any atom is -0.328 e. The summed E-state index contributed by atoms with van der Waals surface area (Å²) in [5.41, 5.74) is 4.28. The molecule has 0 saturated heterocycles. The van der Waals surface area contributed by atoms with Crippen LogP contribution in [0.1, 0.15) is 29.8 Å². The van der Waals surface area contributed by atoms with Crippen LogP contribution in [0.25, 0.3) is 11.2 Å². The molecule has 1 aromatic carbocycles. The first-order chi connectivity index (χ1) is 9.90. The van der Waals surface area contributed by atoms with Gasteiger partial charge in [0.25, 0.3) is 0 Å². The zero-order chi connectivity index (χ0) is 15.3. The molecule has 3 rings (SSSR count). The van der Waals surface area contributed by atoms with Gasteiger partial charge in [0, 0.05) is 7.05 Å². The summed E-state index contributed by atoms with van der Waals surface area (Å²) in [5.74, 6) is -0.196. The number of hydrogen-bond acceptors (Lipinski definition) is 2. The molecule has 0 amide bonds. The van der Waals surface area contributed by atoms with Crippen molar-refractivity contribution in [1.82, 2.24) is 19.3 Å². The molecule has 0 aliphatic rings. The average Bonchev–Trinajstić information content (AvgIpc) is 2.90. The fourth-order valence-electron chi connectivity index (χ4n) is 2.71. The monoisotopic (exact) mass is 304 g/mol. The summed E-state index contributed by atoms with van der Waals surface area (Å²) in [6.07, 6.45) is 0. The van der Waals surface area contributed by atoms with Crippen LogP contribution in [0.5, 0.6) is 0 Å². The van der Waals surface area contributed by atoms with Crippen LogP contribution in [0.15, 0.2) is 18.2 Å². The molecule has 21 heavy (non-hydrogen) atoms. The van der Waals surface area contributed by atoms with Gasteiger partial charge in [-0.25, -0.2) is 4.39 Å². The molecule has 0 bridgehead atoms. The van der Waals surface area contributed by atoms with Crippen molar-refractivity contribution >= 4 is 23.4 Å². The largest absolute Gasteiger partial charge is 0.328 e. The number of H-pyrrole nitrogens is 1. The van der Waals surface area contributed by atoms with Crippen LogP contribution in [-0.4, -0.2) is 19.3 Å². The van der Waals surface area contributed by atoms with E-state index in [2.05, 4.69) is 10.1 Å².